The summed E-state index contributed by atoms with van der Waals surface area (Å²) >= 11 is 0. The van der Waals surface area contributed by atoms with Crippen LogP contribution in [0.5, 0.6) is 0 Å². The standard InChI is InChI=1S/C9H7N.C4H6N2.BrH/c1-2-6-9-8(4-1)5-3-7-10-9;1-6-3-2-5-4-6;/h1-7H;2-4H,1H3;1H. The SMILES string of the molecule is Br.Cn1ccnc1.c1ccc2ncccc2c1. The number of benzene rings is 1. The number of hydrogen-bond acceptors (Lipinski definition) is 2. The van der Waals surface area contributed by atoms with Gasteiger partial charge in [-0.05, 0) is 12.1 Å². The summed E-state index contributed by atoms with van der Waals surface area (Å²) in [6.07, 6.45) is 7.20. The van der Waals surface area contributed by atoms with Crippen molar-refractivity contribution in [3.8, 4) is 0 Å². The van der Waals surface area contributed by atoms with Crippen LogP contribution in [0.3, 0.4) is 0 Å². The van der Waals surface area contributed by atoms with Crippen LogP contribution in [-0.4, -0.2) is 14.5 Å². The van der Waals surface area contributed by atoms with E-state index in [-0.39, 0.29) is 17.0 Å². The number of fused-ring (bicyclic) bond motifs is 1. The zero-order valence-electron chi connectivity index (χ0n) is 9.52. The van der Waals surface area contributed by atoms with Crippen molar-refractivity contribution in [1.82, 2.24) is 14.5 Å². The lowest BCUT2D eigenvalue weighted by molar-refractivity contribution is 0.913. The Morgan fingerprint density at radius 3 is 2.35 bits per heavy atom. The van der Waals surface area contributed by atoms with E-state index in [0.717, 1.165) is 5.52 Å². The third-order valence-corrected chi connectivity index (χ3v) is 2.15. The minimum Gasteiger partial charge on any atom is -0.341 e. The molecule has 88 valence electrons. The van der Waals surface area contributed by atoms with Crippen molar-refractivity contribution in [1.29, 1.82) is 0 Å². The van der Waals surface area contributed by atoms with Crippen molar-refractivity contribution in [2.45, 2.75) is 0 Å². The van der Waals surface area contributed by atoms with Gasteiger partial charge in [-0.15, -0.1) is 17.0 Å². The van der Waals surface area contributed by atoms with Crippen molar-refractivity contribution >= 4 is 27.9 Å². The Balaban J connectivity index is 0.000000180. The van der Waals surface area contributed by atoms with E-state index in [4.69, 9.17) is 0 Å². The molecule has 0 atom stereocenters. The fraction of sp³-hybridized carbons (Fsp3) is 0.0769. The molecule has 0 saturated heterocycles. The van der Waals surface area contributed by atoms with Gasteiger partial charge in [-0.3, -0.25) is 4.98 Å². The van der Waals surface area contributed by atoms with Gasteiger partial charge in [0, 0.05) is 31.0 Å². The van der Waals surface area contributed by atoms with Crippen LogP contribution in [0.4, 0.5) is 0 Å². The maximum Gasteiger partial charge on any atom is 0.0943 e. The second kappa shape index (κ2) is 6.81. The zero-order chi connectivity index (χ0) is 11.2. The highest BCUT2D eigenvalue weighted by Crippen LogP contribution is 2.07. The van der Waals surface area contributed by atoms with Gasteiger partial charge in [-0.25, -0.2) is 4.98 Å². The third-order valence-electron chi connectivity index (χ3n) is 2.15. The minimum atomic E-state index is 0. The van der Waals surface area contributed by atoms with Gasteiger partial charge in [-0.1, -0.05) is 24.3 Å². The number of halogens is 1. The van der Waals surface area contributed by atoms with Gasteiger partial charge in [0.1, 0.15) is 0 Å². The van der Waals surface area contributed by atoms with Crippen LogP contribution < -0.4 is 0 Å². The molecule has 3 aromatic rings. The lowest BCUT2D eigenvalue weighted by Crippen LogP contribution is -1.76. The second-order valence-electron chi connectivity index (χ2n) is 3.42. The average molecular weight is 292 g/mol. The Morgan fingerprint density at radius 2 is 1.76 bits per heavy atom. The summed E-state index contributed by atoms with van der Waals surface area (Å²) in [7, 11) is 1.94. The van der Waals surface area contributed by atoms with E-state index in [1.807, 2.05) is 48.3 Å². The highest BCUT2D eigenvalue weighted by molar-refractivity contribution is 8.93. The second-order valence-corrected chi connectivity index (χ2v) is 3.42. The predicted molar refractivity (Wildman–Crippen MR) is 75.3 cm³/mol. The van der Waals surface area contributed by atoms with Crippen LogP contribution in [0.15, 0.2) is 61.3 Å². The van der Waals surface area contributed by atoms with Gasteiger partial charge in [0.05, 0.1) is 11.8 Å². The van der Waals surface area contributed by atoms with Crippen LogP contribution in [0.1, 0.15) is 0 Å². The van der Waals surface area contributed by atoms with Crippen molar-refractivity contribution in [2.24, 2.45) is 7.05 Å². The fourth-order valence-corrected chi connectivity index (χ4v) is 1.34. The van der Waals surface area contributed by atoms with Crippen LogP contribution >= 0.6 is 17.0 Å². The number of nitrogens with zero attached hydrogens (tertiary/aromatic N) is 3. The Hall–Kier alpha value is -1.68. The molecule has 0 amide bonds. The normalized spacial score (nSPS) is 9.00. The van der Waals surface area contributed by atoms with Crippen LogP contribution in [0.2, 0.25) is 0 Å². The number of rotatable bonds is 0. The number of hydrogen-bond donors (Lipinski definition) is 0. The molecule has 0 aliphatic heterocycles. The first-order chi connectivity index (χ1) is 7.86. The molecule has 4 heteroatoms. The number of para-hydroxylation sites is 1. The van der Waals surface area contributed by atoms with Gasteiger partial charge >= 0.3 is 0 Å². The van der Waals surface area contributed by atoms with E-state index in [1.54, 1.807) is 12.5 Å². The molecule has 0 N–H and O–H groups in total. The van der Waals surface area contributed by atoms with E-state index in [2.05, 4.69) is 22.1 Å². The molecule has 17 heavy (non-hydrogen) atoms. The highest BCUT2D eigenvalue weighted by Gasteiger charge is 1.86. The fourth-order valence-electron chi connectivity index (χ4n) is 1.34. The maximum atomic E-state index is 4.18. The lowest BCUT2D eigenvalue weighted by Gasteiger charge is -1.91. The van der Waals surface area contributed by atoms with E-state index >= 15 is 0 Å². The third kappa shape index (κ3) is 4.00. The van der Waals surface area contributed by atoms with Crippen molar-refractivity contribution in [3.63, 3.8) is 0 Å². The average Bonchev–Trinajstić information content (AvgIpc) is 2.81. The smallest absolute Gasteiger partial charge is 0.0943 e. The van der Waals surface area contributed by atoms with Gasteiger partial charge < -0.3 is 4.57 Å². The summed E-state index contributed by atoms with van der Waals surface area (Å²) in [5.41, 5.74) is 1.06. The van der Waals surface area contributed by atoms with Crippen molar-refractivity contribution < 1.29 is 0 Å². The zero-order valence-corrected chi connectivity index (χ0v) is 11.2. The summed E-state index contributed by atoms with van der Waals surface area (Å²) in [6, 6.07) is 12.1. The molecule has 0 aliphatic rings. The Kier molecular flexibility index (Phi) is 5.36. The molecular formula is C13H14BrN3. The van der Waals surface area contributed by atoms with Crippen LogP contribution in [-0.2, 0) is 7.05 Å². The molecular weight excluding hydrogens is 278 g/mol. The summed E-state index contributed by atoms with van der Waals surface area (Å²) in [4.78, 5) is 7.97. The summed E-state index contributed by atoms with van der Waals surface area (Å²) < 4.78 is 1.89. The number of aryl methyl sites for hydroxylation is 1. The van der Waals surface area contributed by atoms with Crippen molar-refractivity contribution in [2.75, 3.05) is 0 Å². The predicted octanol–water partition coefficient (Wildman–Crippen LogP) is 3.23. The van der Waals surface area contributed by atoms with Crippen LogP contribution in [0.25, 0.3) is 10.9 Å². The maximum absolute atomic E-state index is 4.18. The van der Waals surface area contributed by atoms with Crippen LogP contribution in [0, 0.1) is 0 Å². The summed E-state index contributed by atoms with van der Waals surface area (Å²) in [5.74, 6) is 0. The number of aromatic nitrogens is 3. The first-order valence-corrected chi connectivity index (χ1v) is 5.08. The molecule has 2 heterocycles. The van der Waals surface area contributed by atoms with Gasteiger partial charge in [0.25, 0.3) is 0 Å². The molecule has 0 spiro atoms. The molecule has 0 radical (unpaired) electrons. The molecule has 0 fully saturated rings. The summed E-state index contributed by atoms with van der Waals surface area (Å²) in [6.45, 7) is 0. The number of imidazole rings is 1. The Morgan fingerprint density at radius 1 is 1.00 bits per heavy atom. The van der Waals surface area contributed by atoms with E-state index in [0.29, 0.717) is 0 Å². The van der Waals surface area contributed by atoms with E-state index < -0.39 is 0 Å². The molecule has 3 rings (SSSR count). The minimum absolute atomic E-state index is 0. The molecule has 0 aliphatic carbocycles. The van der Waals surface area contributed by atoms with Gasteiger partial charge in [0.2, 0.25) is 0 Å². The molecule has 0 saturated carbocycles. The van der Waals surface area contributed by atoms with E-state index in [9.17, 15) is 0 Å². The number of pyridine rings is 1. The first kappa shape index (κ1) is 13.4. The molecule has 1 aromatic carbocycles. The van der Waals surface area contributed by atoms with E-state index in [1.165, 1.54) is 5.39 Å². The highest BCUT2D eigenvalue weighted by atomic mass is 79.9. The molecule has 2 aromatic heterocycles. The molecule has 0 unspecified atom stereocenters. The lowest BCUT2D eigenvalue weighted by atomic mass is 10.2. The van der Waals surface area contributed by atoms with Gasteiger partial charge in [0.15, 0.2) is 0 Å². The quantitative estimate of drug-likeness (QED) is 0.637. The topological polar surface area (TPSA) is 30.7 Å². The Bertz CT molecular complexity index is 484. The molecule has 3 nitrogen and oxygen atoms in total. The van der Waals surface area contributed by atoms with Crippen molar-refractivity contribution in [3.05, 3.63) is 61.3 Å². The summed E-state index contributed by atoms with van der Waals surface area (Å²) in [5, 5.41) is 1.20. The van der Waals surface area contributed by atoms with Gasteiger partial charge in [-0.2, -0.15) is 0 Å². The molecule has 0 bridgehead atoms. The largest absolute Gasteiger partial charge is 0.341 e. The Labute approximate surface area is 111 Å². The first-order valence-electron chi connectivity index (χ1n) is 5.08. The monoisotopic (exact) mass is 291 g/mol.